The van der Waals surface area contributed by atoms with Gasteiger partial charge in [-0.2, -0.15) is 9.97 Å². The molecule has 0 spiro atoms. The monoisotopic (exact) mass is 422 g/mol. The van der Waals surface area contributed by atoms with Gasteiger partial charge in [0.2, 0.25) is 5.88 Å². The van der Waals surface area contributed by atoms with Crippen LogP contribution in [0.25, 0.3) is 0 Å². The molecule has 1 fully saturated rings. The van der Waals surface area contributed by atoms with Crippen LogP contribution in [0.5, 0.6) is 11.9 Å². The van der Waals surface area contributed by atoms with E-state index in [2.05, 4.69) is 35.3 Å². The van der Waals surface area contributed by atoms with E-state index in [-0.39, 0.29) is 0 Å². The van der Waals surface area contributed by atoms with Gasteiger partial charge in [-0.15, -0.1) is 0 Å². The average Bonchev–Trinajstić information content (AvgIpc) is 2.83. The molecule has 5 rings (SSSR count). The molecule has 4 aromatic rings. The maximum absolute atomic E-state index is 6.05. The summed E-state index contributed by atoms with van der Waals surface area (Å²) < 4.78 is 12.0. The van der Waals surface area contributed by atoms with Gasteiger partial charge in [0, 0.05) is 12.0 Å². The van der Waals surface area contributed by atoms with E-state index in [1.165, 1.54) is 12.0 Å². The summed E-state index contributed by atoms with van der Waals surface area (Å²) in [4.78, 5) is 9.33. The van der Waals surface area contributed by atoms with Gasteiger partial charge >= 0.3 is 6.01 Å². The van der Waals surface area contributed by atoms with Crippen molar-refractivity contribution in [2.75, 3.05) is 0 Å². The molecule has 0 amide bonds. The Balaban J connectivity index is 1.38. The maximum atomic E-state index is 6.05. The predicted octanol–water partition coefficient (Wildman–Crippen LogP) is 6.30. The number of benzene rings is 3. The Bertz CT molecular complexity index is 1070. The van der Waals surface area contributed by atoms with Crippen molar-refractivity contribution in [1.29, 1.82) is 0 Å². The van der Waals surface area contributed by atoms with Crippen LogP contribution >= 0.6 is 0 Å². The number of hydrogen-bond donors (Lipinski definition) is 0. The van der Waals surface area contributed by atoms with Gasteiger partial charge in [-0.1, -0.05) is 91.0 Å². The predicted molar refractivity (Wildman–Crippen MR) is 125 cm³/mol. The van der Waals surface area contributed by atoms with Crippen LogP contribution in [0.2, 0.25) is 0 Å². The number of rotatable bonds is 8. The van der Waals surface area contributed by atoms with Crippen molar-refractivity contribution in [3.8, 4) is 11.9 Å². The quantitative estimate of drug-likeness (QED) is 0.334. The fraction of sp³-hybridized carbons (Fsp3) is 0.214. The van der Waals surface area contributed by atoms with Crippen LogP contribution in [0.3, 0.4) is 0 Å². The molecule has 0 radical (unpaired) electrons. The van der Waals surface area contributed by atoms with E-state index in [1.54, 1.807) is 0 Å². The Morgan fingerprint density at radius 2 is 1.19 bits per heavy atom. The van der Waals surface area contributed by atoms with Crippen LogP contribution in [0.4, 0.5) is 0 Å². The molecule has 0 aliphatic heterocycles. The lowest BCUT2D eigenvalue weighted by Crippen LogP contribution is -2.23. The topological polar surface area (TPSA) is 44.2 Å². The second-order valence-electron chi connectivity index (χ2n) is 8.16. The molecule has 32 heavy (non-hydrogen) atoms. The van der Waals surface area contributed by atoms with Crippen molar-refractivity contribution in [2.45, 2.75) is 37.9 Å². The summed E-state index contributed by atoms with van der Waals surface area (Å²) in [5.41, 5.74) is 4.54. The molecule has 160 valence electrons. The van der Waals surface area contributed by atoms with E-state index >= 15 is 0 Å². The number of aromatic nitrogens is 2. The van der Waals surface area contributed by atoms with Crippen LogP contribution in [0, 0.1) is 0 Å². The van der Waals surface area contributed by atoms with E-state index in [1.807, 2.05) is 66.7 Å². The van der Waals surface area contributed by atoms with E-state index in [4.69, 9.17) is 14.5 Å². The second-order valence-corrected chi connectivity index (χ2v) is 8.16. The standard InChI is InChI=1S/C28H26N2O2/c1-4-10-21(11-5-1)19-31-27-18-26(25-17-16-24(25)23-14-8-3-9-15-23)29-28(30-27)32-20-22-12-6-2-7-13-22/h1-15,18,24-25H,16-17,19-20H2/t24?,25-/m0/s1. The van der Waals surface area contributed by atoms with Crippen molar-refractivity contribution in [2.24, 2.45) is 0 Å². The zero-order valence-corrected chi connectivity index (χ0v) is 17.9. The minimum absolute atomic E-state index is 0.346. The van der Waals surface area contributed by atoms with Crippen LogP contribution in [-0.4, -0.2) is 9.97 Å². The van der Waals surface area contributed by atoms with Crippen LogP contribution in [0.1, 0.15) is 47.1 Å². The molecule has 1 aliphatic carbocycles. The molecule has 0 saturated heterocycles. The van der Waals surface area contributed by atoms with Crippen LogP contribution in [0.15, 0.2) is 97.1 Å². The molecule has 0 bridgehead atoms. The molecule has 2 atom stereocenters. The van der Waals surface area contributed by atoms with Crippen LogP contribution < -0.4 is 9.47 Å². The van der Waals surface area contributed by atoms with Gasteiger partial charge in [-0.05, 0) is 35.4 Å². The summed E-state index contributed by atoms with van der Waals surface area (Å²) in [5, 5.41) is 0. The van der Waals surface area contributed by atoms with Gasteiger partial charge in [-0.3, -0.25) is 0 Å². The highest BCUT2D eigenvalue weighted by atomic mass is 16.5. The van der Waals surface area contributed by atoms with Crippen molar-refractivity contribution in [1.82, 2.24) is 9.97 Å². The molecule has 3 aromatic carbocycles. The van der Waals surface area contributed by atoms with Gasteiger partial charge in [0.1, 0.15) is 13.2 Å². The average molecular weight is 423 g/mol. The molecule has 4 nitrogen and oxygen atoms in total. The first-order chi connectivity index (χ1) is 15.8. The fourth-order valence-corrected chi connectivity index (χ4v) is 4.16. The molecule has 1 aliphatic rings. The van der Waals surface area contributed by atoms with Gasteiger partial charge < -0.3 is 9.47 Å². The zero-order chi connectivity index (χ0) is 21.6. The van der Waals surface area contributed by atoms with Crippen molar-refractivity contribution in [3.63, 3.8) is 0 Å². The SMILES string of the molecule is c1ccc(COc2cc([C@H]3CCC3c3ccccc3)nc(OCc3ccccc3)n2)cc1. The number of ether oxygens (including phenoxy) is 2. The Labute approximate surface area is 188 Å². The lowest BCUT2D eigenvalue weighted by Gasteiger charge is -2.36. The van der Waals surface area contributed by atoms with Gasteiger partial charge in [0.15, 0.2) is 0 Å². The van der Waals surface area contributed by atoms with E-state index in [9.17, 15) is 0 Å². The molecular formula is C28H26N2O2. The van der Waals surface area contributed by atoms with E-state index in [0.717, 1.165) is 23.2 Å². The van der Waals surface area contributed by atoms with Crippen molar-refractivity contribution < 1.29 is 9.47 Å². The fourth-order valence-electron chi connectivity index (χ4n) is 4.16. The van der Waals surface area contributed by atoms with E-state index < -0.39 is 0 Å². The molecule has 1 unspecified atom stereocenters. The Morgan fingerprint density at radius 3 is 1.78 bits per heavy atom. The highest BCUT2D eigenvalue weighted by Crippen LogP contribution is 2.49. The summed E-state index contributed by atoms with van der Waals surface area (Å²) in [6.45, 7) is 0.886. The van der Waals surface area contributed by atoms with Crippen molar-refractivity contribution >= 4 is 0 Å². The third-order valence-electron chi connectivity index (χ3n) is 6.02. The maximum Gasteiger partial charge on any atom is 0.320 e. The van der Waals surface area contributed by atoms with Crippen molar-refractivity contribution in [3.05, 3.63) is 119 Å². The van der Waals surface area contributed by atoms with Gasteiger partial charge in [-0.25, -0.2) is 0 Å². The normalized spacial score (nSPS) is 17.4. The molecule has 1 saturated carbocycles. The van der Waals surface area contributed by atoms with Gasteiger partial charge in [0.25, 0.3) is 0 Å². The summed E-state index contributed by atoms with van der Waals surface area (Å²) >= 11 is 0. The van der Waals surface area contributed by atoms with Crippen LogP contribution in [-0.2, 0) is 13.2 Å². The first-order valence-electron chi connectivity index (χ1n) is 11.1. The number of nitrogens with zero attached hydrogens (tertiary/aromatic N) is 2. The minimum Gasteiger partial charge on any atom is -0.473 e. The first kappa shape index (κ1) is 20.3. The highest BCUT2D eigenvalue weighted by molar-refractivity contribution is 5.32. The largest absolute Gasteiger partial charge is 0.473 e. The summed E-state index contributed by atoms with van der Waals surface area (Å²) in [6.07, 6.45) is 2.27. The molecular weight excluding hydrogens is 396 g/mol. The highest BCUT2D eigenvalue weighted by Gasteiger charge is 2.35. The second kappa shape index (κ2) is 9.65. The third kappa shape index (κ3) is 4.80. The Morgan fingerprint density at radius 1 is 0.625 bits per heavy atom. The lowest BCUT2D eigenvalue weighted by molar-refractivity contribution is 0.252. The first-order valence-corrected chi connectivity index (χ1v) is 11.1. The Kier molecular flexibility index (Phi) is 6.11. The Hall–Kier alpha value is -3.66. The third-order valence-corrected chi connectivity index (χ3v) is 6.02. The zero-order valence-electron chi connectivity index (χ0n) is 17.9. The summed E-state index contributed by atoms with van der Waals surface area (Å²) in [7, 11) is 0. The lowest BCUT2D eigenvalue weighted by atomic mass is 9.68. The summed E-state index contributed by atoms with van der Waals surface area (Å²) in [5.74, 6) is 1.37. The molecule has 1 aromatic heterocycles. The molecule has 1 heterocycles. The molecule has 0 N–H and O–H groups in total. The summed E-state index contributed by atoms with van der Waals surface area (Å²) in [6, 6.07) is 33.2. The van der Waals surface area contributed by atoms with Gasteiger partial charge in [0.05, 0.1) is 5.69 Å². The van der Waals surface area contributed by atoms with E-state index in [0.29, 0.717) is 36.9 Å². The minimum atomic E-state index is 0.346. The number of hydrogen-bond acceptors (Lipinski definition) is 4. The molecule has 4 heteroatoms. The smallest absolute Gasteiger partial charge is 0.320 e.